The number of carbonyl (C=O) groups excluding carboxylic acids is 1. The number of carbonyl (C=O) groups is 1. The lowest BCUT2D eigenvalue weighted by atomic mass is 9.92. The molecule has 1 atom stereocenters. The topological polar surface area (TPSA) is 86.9 Å². The van der Waals surface area contributed by atoms with Gasteiger partial charge in [-0.3, -0.25) is 4.79 Å². The molecule has 2 aromatic rings. The van der Waals surface area contributed by atoms with Crippen LogP contribution < -0.4 is 10.0 Å². The van der Waals surface area contributed by atoms with E-state index in [-0.39, 0.29) is 27.0 Å². The first-order chi connectivity index (χ1) is 18.5. The summed E-state index contributed by atoms with van der Waals surface area (Å²) in [6.45, 7) is 4.59. The second-order valence-electron chi connectivity index (χ2n) is 10.6. The van der Waals surface area contributed by atoms with E-state index in [1.54, 1.807) is 13.0 Å². The number of anilines is 1. The van der Waals surface area contributed by atoms with Crippen LogP contribution in [-0.2, 0) is 14.8 Å². The van der Waals surface area contributed by atoms with Gasteiger partial charge in [-0.05, 0) is 81.0 Å². The lowest BCUT2D eigenvalue weighted by Gasteiger charge is -2.40. The fourth-order valence-electron chi connectivity index (χ4n) is 4.89. The molecule has 1 saturated carbocycles. The van der Waals surface area contributed by atoms with Crippen LogP contribution in [0, 0.1) is 5.92 Å². The van der Waals surface area contributed by atoms with Crippen LogP contribution >= 0.6 is 34.8 Å². The third kappa shape index (κ3) is 7.34. The van der Waals surface area contributed by atoms with Gasteiger partial charge in [-0.25, -0.2) is 12.7 Å². The summed E-state index contributed by atoms with van der Waals surface area (Å²) in [4.78, 5) is 17.6. The van der Waals surface area contributed by atoms with Crippen molar-refractivity contribution in [3.63, 3.8) is 0 Å². The Kier molecular flexibility index (Phi) is 9.63. The van der Waals surface area contributed by atoms with Crippen molar-refractivity contribution in [2.45, 2.75) is 62.3 Å². The molecule has 0 saturated heterocycles. The Morgan fingerprint density at radius 1 is 0.974 bits per heavy atom. The number of amides is 1. The van der Waals surface area contributed by atoms with Crippen LogP contribution in [0.5, 0.6) is 0 Å². The van der Waals surface area contributed by atoms with Gasteiger partial charge in [0.15, 0.2) is 0 Å². The molecule has 0 aromatic heterocycles. The molecule has 0 bridgehead atoms. The van der Waals surface area contributed by atoms with Crippen LogP contribution in [0.3, 0.4) is 0 Å². The Balaban J connectivity index is 1.45. The highest BCUT2D eigenvalue weighted by Crippen LogP contribution is 2.40. The van der Waals surface area contributed by atoms with E-state index in [2.05, 4.69) is 22.2 Å². The molecule has 7 nitrogen and oxygen atoms in total. The molecule has 1 aliphatic carbocycles. The molecule has 1 fully saturated rings. The molecule has 2 aliphatic rings. The van der Waals surface area contributed by atoms with Crippen LogP contribution in [0.2, 0.25) is 15.1 Å². The Morgan fingerprint density at radius 2 is 1.62 bits per heavy atom. The van der Waals surface area contributed by atoms with Crippen molar-refractivity contribution in [1.82, 2.24) is 9.80 Å². The van der Waals surface area contributed by atoms with Crippen molar-refractivity contribution in [2.24, 2.45) is 11.7 Å². The SMILES string of the molecule is C[C@@](CCCCCCN1C=CN(CC2CC2)C1)(C(N)=O)N(c1cc(Cl)ccc1Cl)S(=O)(=O)c1ccc(Cl)cc1. The molecule has 0 radical (unpaired) electrons. The van der Waals surface area contributed by atoms with Gasteiger partial charge in [-0.2, -0.15) is 0 Å². The summed E-state index contributed by atoms with van der Waals surface area (Å²) in [5, 5.41) is 0.807. The molecule has 1 aliphatic heterocycles. The summed E-state index contributed by atoms with van der Waals surface area (Å²) in [7, 11) is -4.27. The minimum absolute atomic E-state index is 0.0372. The van der Waals surface area contributed by atoms with E-state index in [0.717, 1.165) is 49.2 Å². The molecule has 11 heteroatoms. The molecular weight excluding hydrogens is 579 g/mol. The predicted molar refractivity (Wildman–Crippen MR) is 158 cm³/mol. The number of hydrogen-bond donors (Lipinski definition) is 1. The zero-order valence-corrected chi connectivity index (χ0v) is 25.1. The molecule has 0 spiro atoms. The minimum atomic E-state index is -4.27. The normalized spacial score (nSPS) is 16.9. The van der Waals surface area contributed by atoms with Gasteiger partial charge in [-0.1, -0.05) is 54.1 Å². The maximum atomic E-state index is 14.0. The van der Waals surface area contributed by atoms with Crippen LogP contribution in [0.15, 0.2) is 59.8 Å². The maximum Gasteiger partial charge on any atom is 0.265 e. The number of nitrogens with two attached hydrogens (primary N) is 1. The molecule has 2 N–H and O–H groups in total. The van der Waals surface area contributed by atoms with Gasteiger partial charge in [0.2, 0.25) is 5.91 Å². The molecular formula is C28H35Cl3N4O3S. The fraction of sp³-hybridized carbons (Fsp3) is 0.464. The summed E-state index contributed by atoms with van der Waals surface area (Å²) < 4.78 is 29.0. The smallest absolute Gasteiger partial charge is 0.265 e. The van der Waals surface area contributed by atoms with E-state index < -0.39 is 21.5 Å². The van der Waals surface area contributed by atoms with Gasteiger partial charge >= 0.3 is 0 Å². The van der Waals surface area contributed by atoms with Gasteiger partial charge in [0.05, 0.1) is 22.3 Å². The van der Waals surface area contributed by atoms with Gasteiger partial charge in [-0.15, -0.1) is 0 Å². The largest absolute Gasteiger partial charge is 0.368 e. The van der Waals surface area contributed by atoms with Crippen LogP contribution in [0.1, 0.15) is 51.9 Å². The highest BCUT2D eigenvalue weighted by Gasteiger charge is 2.46. The fourth-order valence-corrected chi connectivity index (χ4v) is 7.25. The lowest BCUT2D eigenvalue weighted by molar-refractivity contribution is -0.122. The van der Waals surface area contributed by atoms with Crippen LogP contribution in [-0.4, -0.2) is 49.4 Å². The molecule has 1 amide bonds. The van der Waals surface area contributed by atoms with E-state index in [1.165, 1.54) is 49.2 Å². The Bertz CT molecular complexity index is 1300. The summed E-state index contributed by atoms with van der Waals surface area (Å²) >= 11 is 18.7. The number of hydrogen-bond acceptors (Lipinski definition) is 5. The number of primary amides is 1. The zero-order valence-electron chi connectivity index (χ0n) is 22.0. The molecule has 212 valence electrons. The van der Waals surface area contributed by atoms with Crippen LogP contribution in [0.4, 0.5) is 5.69 Å². The quantitative estimate of drug-likeness (QED) is 0.246. The predicted octanol–water partition coefficient (Wildman–Crippen LogP) is 6.49. The van der Waals surface area contributed by atoms with Gasteiger partial charge < -0.3 is 15.5 Å². The van der Waals surface area contributed by atoms with E-state index in [1.807, 2.05) is 0 Å². The van der Waals surface area contributed by atoms with Gasteiger partial charge in [0.1, 0.15) is 5.54 Å². The van der Waals surface area contributed by atoms with Crippen molar-refractivity contribution < 1.29 is 13.2 Å². The lowest BCUT2D eigenvalue weighted by Crippen LogP contribution is -2.58. The second kappa shape index (κ2) is 12.6. The number of rotatable bonds is 14. The van der Waals surface area contributed by atoms with Crippen molar-refractivity contribution in [3.8, 4) is 0 Å². The second-order valence-corrected chi connectivity index (χ2v) is 13.7. The summed E-state index contributed by atoms with van der Waals surface area (Å²) in [6.07, 6.45) is 10.6. The first-order valence-electron chi connectivity index (χ1n) is 13.2. The third-order valence-corrected chi connectivity index (χ3v) is 10.1. The molecule has 0 unspecified atom stereocenters. The highest BCUT2D eigenvalue weighted by atomic mass is 35.5. The average molecular weight is 614 g/mol. The Hall–Kier alpha value is -2.13. The number of sulfonamides is 1. The van der Waals surface area contributed by atoms with E-state index in [0.29, 0.717) is 11.4 Å². The molecule has 2 aromatic carbocycles. The third-order valence-electron chi connectivity index (χ3n) is 7.36. The highest BCUT2D eigenvalue weighted by molar-refractivity contribution is 7.93. The number of benzene rings is 2. The molecule has 1 heterocycles. The van der Waals surface area contributed by atoms with Gasteiger partial charge in [0.25, 0.3) is 10.0 Å². The van der Waals surface area contributed by atoms with Crippen molar-refractivity contribution in [2.75, 3.05) is 24.1 Å². The van der Waals surface area contributed by atoms with E-state index in [4.69, 9.17) is 40.5 Å². The summed E-state index contributed by atoms with van der Waals surface area (Å²) in [5.41, 5.74) is 4.42. The van der Waals surface area contributed by atoms with E-state index in [9.17, 15) is 13.2 Å². The Labute approximate surface area is 246 Å². The Morgan fingerprint density at radius 3 is 2.28 bits per heavy atom. The molecule has 39 heavy (non-hydrogen) atoms. The van der Waals surface area contributed by atoms with Gasteiger partial charge in [0, 0.05) is 35.5 Å². The van der Waals surface area contributed by atoms with Crippen molar-refractivity contribution in [3.05, 3.63) is 69.9 Å². The van der Waals surface area contributed by atoms with E-state index >= 15 is 0 Å². The first-order valence-corrected chi connectivity index (χ1v) is 15.8. The number of nitrogens with zero attached hydrogens (tertiary/aromatic N) is 3. The minimum Gasteiger partial charge on any atom is -0.368 e. The van der Waals surface area contributed by atoms with Crippen molar-refractivity contribution in [1.29, 1.82) is 0 Å². The first kappa shape index (κ1) is 29.8. The standard InChI is InChI=1S/C28H35Cl3N4O3S/c1-28(27(32)36,14-4-2-3-5-15-33-16-17-34(20-33)19-21-6-7-21)35(26-18-23(30)10-13-25(26)31)39(37,38)24-11-8-22(29)9-12-24/h8-13,16-18,21H,2-7,14-15,19-20H2,1H3,(H2,32,36)/t28-/m1/s1. The van der Waals surface area contributed by atoms with Crippen molar-refractivity contribution >= 4 is 56.4 Å². The maximum absolute atomic E-state index is 14.0. The number of unbranched alkanes of at least 4 members (excludes halogenated alkanes) is 3. The van der Waals surface area contributed by atoms with Crippen LogP contribution in [0.25, 0.3) is 0 Å². The molecule has 4 rings (SSSR count). The summed E-state index contributed by atoms with van der Waals surface area (Å²) in [5.74, 6) is 0.0908. The monoisotopic (exact) mass is 612 g/mol. The average Bonchev–Trinajstić information content (AvgIpc) is 3.59. The number of halogens is 3. The zero-order chi connectivity index (χ0) is 28.2. The summed E-state index contributed by atoms with van der Waals surface area (Å²) in [6, 6.07) is 10.2.